The first-order valence-electron chi connectivity index (χ1n) is 8.17. The maximum atomic E-state index is 11.3. The van der Waals surface area contributed by atoms with E-state index in [-0.39, 0.29) is 5.41 Å². The van der Waals surface area contributed by atoms with Gasteiger partial charge in [0.2, 0.25) is 0 Å². The van der Waals surface area contributed by atoms with Crippen LogP contribution in [0.3, 0.4) is 0 Å². The summed E-state index contributed by atoms with van der Waals surface area (Å²) in [6, 6.07) is 0. The van der Waals surface area contributed by atoms with Gasteiger partial charge in [0.1, 0.15) is 36.1 Å². The summed E-state index contributed by atoms with van der Waals surface area (Å²) in [5.41, 5.74) is -3.67. The molecule has 1 heterocycles. The third kappa shape index (κ3) is 1.18. The summed E-state index contributed by atoms with van der Waals surface area (Å²) in [5.74, 6) is 0.314. The van der Waals surface area contributed by atoms with Gasteiger partial charge in [-0.2, -0.15) is 0 Å². The lowest BCUT2D eigenvalue weighted by atomic mass is 9.56. The van der Waals surface area contributed by atoms with Crippen LogP contribution in [0.2, 0.25) is 0 Å². The molecule has 0 aromatic heterocycles. The van der Waals surface area contributed by atoms with E-state index in [4.69, 9.17) is 4.74 Å². The van der Waals surface area contributed by atoms with Crippen LogP contribution in [0.4, 0.5) is 0 Å². The zero-order valence-corrected chi connectivity index (χ0v) is 13.2. The van der Waals surface area contributed by atoms with Gasteiger partial charge in [-0.25, -0.2) is 0 Å². The molecule has 1 aliphatic heterocycles. The fraction of sp³-hybridized carbons (Fsp3) is 1.00. The third-order valence-corrected chi connectivity index (χ3v) is 8.07. The van der Waals surface area contributed by atoms with Crippen molar-refractivity contribution in [2.24, 2.45) is 16.7 Å². The molecule has 1 spiro atoms. The Morgan fingerprint density at radius 2 is 1.59 bits per heavy atom. The van der Waals surface area contributed by atoms with E-state index in [9.17, 15) is 25.5 Å². The molecule has 0 aromatic rings. The summed E-state index contributed by atoms with van der Waals surface area (Å²) >= 11 is 0. The quantitative estimate of drug-likeness (QED) is 0.399. The molecule has 1 saturated heterocycles. The molecule has 6 heteroatoms. The summed E-state index contributed by atoms with van der Waals surface area (Å²) < 4.78 is 6.10. The van der Waals surface area contributed by atoms with E-state index in [0.717, 1.165) is 12.8 Å². The molecule has 3 unspecified atom stereocenters. The Hall–Kier alpha value is -0.240. The molecule has 5 N–H and O–H groups in total. The predicted octanol–water partition coefficient (Wildman–Crippen LogP) is -0.842. The van der Waals surface area contributed by atoms with Crippen LogP contribution in [0.1, 0.15) is 40.0 Å². The van der Waals surface area contributed by atoms with Crippen molar-refractivity contribution in [3.8, 4) is 0 Å². The maximum absolute atomic E-state index is 11.3. The number of hydrogen-bond acceptors (Lipinski definition) is 6. The van der Waals surface area contributed by atoms with E-state index < -0.39 is 47.1 Å². The number of hydrogen-bond donors (Lipinski definition) is 5. The van der Waals surface area contributed by atoms with Gasteiger partial charge in [0, 0.05) is 5.41 Å². The van der Waals surface area contributed by atoms with Crippen molar-refractivity contribution in [1.29, 1.82) is 0 Å². The lowest BCUT2D eigenvalue weighted by Gasteiger charge is -2.54. The molecule has 0 amide bonds. The Bertz CT molecular complexity index is 521. The van der Waals surface area contributed by atoms with Crippen molar-refractivity contribution in [2.75, 3.05) is 0 Å². The molecule has 0 radical (unpaired) electrons. The SMILES string of the molecule is CC1(C)C2CCC1(C)C1(C2)O[C@@H]2[C@@H](O)[C@H](O)[C@@H](O)[C@]1(O)[C@@H]2O. The van der Waals surface area contributed by atoms with Gasteiger partial charge in [0.25, 0.3) is 0 Å². The minimum Gasteiger partial charge on any atom is -0.387 e. The second-order valence-electron chi connectivity index (χ2n) is 8.60. The first-order valence-corrected chi connectivity index (χ1v) is 8.17. The molecule has 22 heavy (non-hydrogen) atoms. The number of ether oxygens (including phenoxy) is 1. The molecule has 0 aromatic carbocycles. The highest BCUT2D eigenvalue weighted by molar-refractivity contribution is 5.33. The minimum atomic E-state index is -1.96. The summed E-state index contributed by atoms with van der Waals surface area (Å²) in [6.45, 7) is 6.32. The van der Waals surface area contributed by atoms with Gasteiger partial charge in [0.15, 0.2) is 5.60 Å². The van der Waals surface area contributed by atoms with Gasteiger partial charge in [-0.15, -0.1) is 0 Å². The van der Waals surface area contributed by atoms with Crippen molar-refractivity contribution in [1.82, 2.24) is 0 Å². The average Bonchev–Trinajstić information content (AvgIpc) is 2.88. The topological polar surface area (TPSA) is 110 Å². The highest BCUT2D eigenvalue weighted by atomic mass is 16.6. The van der Waals surface area contributed by atoms with Gasteiger partial charge >= 0.3 is 0 Å². The van der Waals surface area contributed by atoms with Crippen LogP contribution in [0.25, 0.3) is 0 Å². The van der Waals surface area contributed by atoms with Gasteiger partial charge in [-0.1, -0.05) is 20.8 Å². The van der Waals surface area contributed by atoms with Crippen LogP contribution in [0.5, 0.6) is 0 Å². The third-order valence-electron chi connectivity index (χ3n) is 8.07. The lowest BCUT2D eigenvalue weighted by molar-refractivity contribution is -0.254. The fourth-order valence-corrected chi connectivity index (χ4v) is 6.22. The minimum absolute atomic E-state index is 0.116. The Labute approximate surface area is 129 Å². The van der Waals surface area contributed by atoms with E-state index in [1.807, 2.05) is 6.92 Å². The van der Waals surface area contributed by atoms with Crippen LogP contribution in [-0.4, -0.2) is 67.3 Å². The number of aliphatic hydroxyl groups is 5. The average molecular weight is 314 g/mol. The second-order valence-corrected chi connectivity index (χ2v) is 8.60. The Kier molecular flexibility index (Phi) is 2.69. The Balaban J connectivity index is 1.91. The molecule has 3 saturated carbocycles. The highest BCUT2D eigenvalue weighted by Crippen LogP contribution is 2.76. The van der Waals surface area contributed by atoms with E-state index in [1.165, 1.54) is 0 Å². The molecule has 6 nitrogen and oxygen atoms in total. The zero-order valence-electron chi connectivity index (χ0n) is 13.2. The normalized spacial score (nSPS) is 65.5. The van der Waals surface area contributed by atoms with E-state index in [1.54, 1.807) is 0 Å². The van der Waals surface area contributed by atoms with Crippen LogP contribution in [0, 0.1) is 16.7 Å². The van der Waals surface area contributed by atoms with Gasteiger partial charge in [-0.05, 0) is 30.6 Å². The molecule has 9 atom stereocenters. The molecule has 4 rings (SSSR count). The molecule has 4 bridgehead atoms. The van der Waals surface area contributed by atoms with Gasteiger partial charge in [0.05, 0.1) is 0 Å². The van der Waals surface area contributed by atoms with Crippen molar-refractivity contribution in [3.05, 3.63) is 0 Å². The zero-order chi connectivity index (χ0) is 16.3. The van der Waals surface area contributed by atoms with Gasteiger partial charge in [-0.3, -0.25) is 0 Å². The summed E-state index contributed by atoms with van der Waals surface area (Å²) in [6.07, 6.45) is -4.68. The molecule has 3 aliphatic carbocycles. The summed E-state index contributed by atoms with van der Waals surface area (Å²) in [4.78, 5) is 0. The molecule has 126 valence electrons. The first kappa shape index (κ1) is 15.3. The van der Waals surface area contributed by atoms with Crippen molar-refractivity contribution in [2.45, 2.75) is 81.8 Å². The Morgan fingerprint density at radius 1 is 0.955 bits per heavy atom. The summed E-state index contributed by atoms with van der Waals surface area (Å²) in [5, 5.41) is 52.6. The molecular formula is C16H26O6. The van der Waals surface area contributed by atoms with E-state index >= 15 is 0 Å². The van der Waals surface area contributed by atoms with Crippen molar-refractivity contribution >= 4 is 0 Å². The largest absolute Gasteiger partial charge is 0.387 e. The van der Waals surface area contributed by atoms with Crippen LogP contribution in [0.15, 0.2) is 0 Å². The van der Waals surface area contributed by atoms with Crippen LogP contribution in [-0.2, 0) is 4.74 Å². The fourth-order valence-electron chi connectivity index (χ4n) is 6.22. The number of aliphatic hydroxyl groups excluding tert-OH is 4. The molecule has 4 aliphatic rings. The second kappa shape index (κ2) is 3.87. The monoisotopic (exact) mass is 314 g/mol. The standard InChI is InChI=1S/C16H26O6/c1-13(2)7-4-5-14(13,3)15(6-7)16(21)11(19)9(18)8(17)10(22-15)12(16)20/h7-12,17-21H,4-6H2,1-3H3/t7?,8-,9-,10+,11+,12+,14?,15?,16-/m0/s1. The smallest absolute Gasteiger partial charge is 0.151 e. The van der Waals surface area contributed by atoms with Crippen LogP contribution >= 0.6 is 0 Å². The highest BCUT2D eigenvalue weighted by Gasteiger charge is 2.84. The lowest BCUT2D eigenvalue weighted by Crippen LogP contribution is -2.74. The van der Waals surface area contributed by atoms with Gasteiger partial charge < -0.3 is 30.3 Å². The molecular weight excluding hydrogens is 288 g/mol. The first-order chi connectivity index (χ1) is 10.0. The van der Waals surface area contributed by atoms with Crippen molar-refractivity contribution < 1.29 is 30.3 Å². The number of fused-ring (bicyclic) bond motifs is 6. The van der Waals surface area contributed by atoms with Crippen LogP contribution < -0.4 is 0 Å². The Morgan fingerprint density at radius 3 is 2.09 bits per heavy atom. The van der Waals surface area contributed by atoms with E-state index in [2.05, 4.69) is 13.8 Å². The predicted molar refractivity (Wildman–Crippen MR) is 75.8 cm³/mol. The van der Waals surface area contributed by atoms with E-state index in [0.29, 0.717) is 12.3 Å². The molecule has 4 fully saturated rings. The maximum Gasteiger partial charge on any atom is 0.151 e. The van der Waals surface area contributed by atoms with Crippen molar-refractivity contribution in [3.63, 3.8) is 0 Å². The summed E-state index contributed by atoms with van der Waals surface area (Å²) in [7, 11) is 0. The number of rotatable bonds is 0.